The van der Waals surface area contributed by atoms with Gasteiger partial charge in [-0.1, -0.05) is 19.3 Å². The molecule has 1 aliphatic heterocycles. The fourth-order valence-electron chi connectivity index (χ4n) is 2.68. The van der Waals surface area contributed by atoms with Gasteiger partial charge in [0.25, 0.3) is 0 Å². The number of hydrogen-bond acceptors (Lipinski definition) is 2. The molecule has 13 heavy (non-hydrogen) atoms. The Balaban J connectivity index is 1.83. The average Bonchev–Trinajstić information content (AvgIpc) is 2.71. The molecule has 2 atom stereocenters. The highest BCUT2D eigenvalue weighted by Gasteiger charge is 2.30. The van der Waals surface area contributed by atoms with E-state index in [0.29, 0.717) is 11.8 Å². The van der Waals surface area contributed by atoms with Crippen LogP contribution in [0.5, 0.6) is 0 Å². The third kappa shape index (κ3) is 2.23. The van der Waals surface area contributed by atoms with Crippen LogP contribution in [0.25, 0.3) is 0 Å². The van der Waals surface area contributed by atoms with Gasteiger partial charge in [0, 0.05) is 12.5 Å². The van der Waals surface area contributed by atoms with Gasteiger partial charge in [0.2, 0.25) is 0 Å². The molecule has 0 amide bonds. The zero-order valence-electron chi connectivity index (χ0n) is 8.24. The molecule has 0 bridgehead atoms. The van der Waals surface area contributed by atoms with Crippen LogP contribution in [0.4, 0.5) is 0 Å². The van der Waals surface area contributed by atoms with Crippen LogP contribution >= 0.6 is 0 Å². The molecular formula is C11H20O2. The van der Waals surface area contributed by atoms with Gasteiger partial charge >= 0.3 is 0 Å². The molecule has 0 aromatic heterocycles. The van der Waals surface area contributed by atoms with E-state index in [9.17, 15) is 5.11 Å². The number of rotatable bonds is 2. The van der Waals surface area contributed by atoms with Gasteiger partial charge in [-0.3, -0.25) is 0 Å². The van der Waals surface area contributed by atoms with E-state index in [1.807, 2.05) is 0 Å². The third-order valence-corrected chi connectivity index (χ3v) is 3.58. The van der Waals surface area contributed by atoms with Crippen molar-refractivity contribution in [1.82, 2.24) is 0 Å². The smallest absolute Gasteiger partial charge is 0.0619 e. The van der Waals surface area contributed by atoms with Crippen LogP contribution in [0.3, 0.4) is 0 Å². The Kier molecular flexibility index (Phi) is 3.23. The summed E-state index contributed by atoms with van der Waals surface area (Å²) in [6.45, 7) is 1.64. The lowest BCUT2D eigenvalue weighted by molar-refractivity contribution is 0.0280. The van der Waals surface area contributed by atoms with Gasteiger partial charge in [0.05, 0.1) is 12.7 Å². The van der Waals surface area contributed by atoms with Crippen LogP contribution < -0.4 is 0 Å². The van der Waals surface area contributed by atoms with E-state index in [4.69, 9.17) is 4.74 Å². The number of aliphatic hydroxyl groups excluding tert-OH is 1. The molecule has 1 aliphatic carbocycles. The van der Waals surface area contributed by atoms with Crippen LogP contribution in [-0.2, 0) is 4.74 Å². The molecule has 2 nitrogen and oxygen atoms in total. The van der Waals surface area contributed by atoms with Crippen LogP contribution in [-0.4, -0.2) is 24.4 Å². The van der Waals surface area contributed by atoms with E-state index in [1.54, 1.807) is 0 Å². The Morgan fingerprint density at radius 2 is 1.77 bits per heavy atom. The van der Waals surface area contributed by atoms with E-state index >= 15 is 0 Å². The van der Waals surface area contributed by atoms with Crippen LogP contribution in [0, 0.1) is 11.8 Å². The van der Waals surface area contributed by atoms with Gasteiger partial charge in [-0.25, -0.2) is 0 Å². The fraction of sp³-hybridized carbons (Fsp3) is 1.00. The van der Waals surface area contributed by atoms with E-state index in [-0.39, 0.29) is 6.10 Å². The van der Waals surface area contributed by atoms with Crippen LogP contribution in [0.15, 0.2) is 0 Å². The highest BCUT2D eigenvalue weighted by molar-refractivity contribution is 4.80. The monoisotopic (exact) mass is 184 g/mol. The summed E-state index contributed by atoms with van der Waals surface area (Å²) in [4.78, 5) is 0. The van der Waals surface area contributed by atoms with Gasteiger partial charge in [-0.15, -0.1) is 0 Å². The van der Waals surface area contributed by atoms with Crippen molar-refractivity contribution in [2.45, 2.75) is 44.6 Å². The van der Waals surface area contributed by atoms with E-state index in [0.717, 1.165) is 19.6 Å². The maximum absolute atomic E-state index is 10.1. The summed E-state index contributed by atoms with van der Waals surface area (Å²) in [6.07, 6.45) is 7.45. The first-order valence-electron chi connectivity index (χ1n) is 5.64. The normalized spacial score (nSPS) is 33.5. The lowest BCUT2D eigenvalue weighted by Gasteiger charge is -2.29. The molecule has 76 valence electrons. The lowest BCUT2D eigenvalue weighted by Crippen LogP contribution is -2.30. The summed E-state index contributed by atoms with van der Waals surface area (Å²) in [6, 6.07) is 0. The van der Waals surface area contributed by atoms with Crippen molar-refractivity contribution in [1.29, 1.82) is 0 Å². The van der Waals surface area contributed by atoms with Crippen LogP contribution in [0.1, 0.15) is 38.5 Å². The van der Waals surface area contributed by atoms with Crippen molar-refractivity contribution >= 4 is 0 Å². The minimum Gasteiger partial charge on any atom is -0.392 e. The molecule has 0 aromatic rings. The first-order valence-corrected chi connectivity index (χ1v) is 5.64. The van der Waals surface area contributed by atoms with Gasteiger partial charge in [-0.2, -0.15) is 0 Å². The van der Waals surface area contributed by atoms with Crippen LogP contribution in [0.2, 0.25) is 0 Å². The van der Waals surface area contributed by atoms with Crippen molar-refractivity contribution in [3.63, 3.8) is 0 Å². The second kappa shape index (κ2) is 4.43. The molecule has 1 saturated heterocycles. The van der Waals surface area contributed by atoms with Crippen molar-refractivity contribution in [3.8, 4) is 0 Å². The minimum absolute atomic E-state index is 0.0807. The largest absolute Gasteiger partial charge is 0.392 e. The zero-order chi connectivity index (χ0) is 9.10. The third-order valence-electron chi connectivity index (χ3n) is 3.58. The highest BCUT2D eigenvalue weighted by atomic mass is 16.5. The molecule has 0 radical (unpaired) electrons. The Labute approximate surface area is 80.3 Å². The number of hydrogen-bond donors (Lipinski definition) is 1. The minimum atomic E-state index is -0.0807. The van der Waals surface area contributed by atoms with E-state index in [2.05, 4.69) is 0 Å². The maximum atomic E-state index is 10.1. The van der Waals surface area contributed by atoms with Gasteiger partial charge in [-0.05, 0) is 25.2 Å². The van der Waals surface area contributed by atoms with Gasteiger partial charge in [0.15, 0.2) is 0 Å². The summed E-state index contributed by atoms with van der Waals surface area (Å²) in [5.41, 5.74) is 0. The average molecular weight is 184 g/mol. The Hall–Kier alpha value is -0.0800. The molecular weight excluding hydrogens is 164 g/mol. The summed E-state index contributed by atoms with van der Waals surface area (Å²) < 4.78 is 5.31. The molecule has 1 heterocycles. The lowest BCUT2D eigenvalue weighted by atomic mass is 9.80. The Morgan fingerprint density at radius 3 is 2.38 bits per heavy atom. The molecule has 2 aliphatic rings. The Morgan fingerprint density at radius 1 is 1.00 bits per heavy atom. The summed E-state index contributed by atoms with van der Waals surface area (Å²) in [5.74, 6) is 1.00. The zero-order valence-corrected chi connectivity index (χ0v) is 8.24. The second-order valence-electron chi connectivity index (χ2n) is 4.51. The summed E-state index contributed by atoms with van der Waals surface area (Å²) >= 11 is 0. The second-order valence-corrected chi connectivity index (χ2v) is 4.51. The molecule has 2 rings (SSSR count). The quantitative estimate of drug-likeness (QED) is 0.711. The molecule has 1 saturated carbocycles. The van der Waals surface area contributed by atoms with Gasteiger partial charge in [0.1, 0.15) is 0 Å². The predicted molar refractivity (Wildman–Crippen MR) is 51.5 cm³/mol. The fourth-order valence-corrected chi connectivity index (χ4v) is 2.68. The number of aliphatic hydroxyl groups is 1. The standard InChI is InChI=1S/C11H20O2/c12-11(10-6-7-13-8-10)9-4-2-1-3-5-9/h9-12H,1-8H2. The van der Waals surface area contributed by atoms with Gasteiger partial charge < -0.3 is 9.84 Å². The highest BCUT2D eigenvalue weighted by Crippen LogP contribution is 2.32. The predicted octanol–water partition coefficient (Wildman–Crippen LogP) is 1.96. The van der Waals surface area contributed by atoms with E-state index < -0.39 is 0 Å². The van der Waals surface area contributed by atoms with Crippen molar-refractivity contribution in [2.75, 3.05) is 13.2 Å². The van der Waals surface area contributed by atoms with Crippen molar-refractivity contribution in [2.24, 2.45) is 11.8 Å². The van der Waals surface area contributed by atoms with Crippen molar-refractivity contribution in [3.05, 3.63) is 0 Å². The maximum Gasteiger partial charge on any atom is 0.0619 e. The summed E-state index contributed by atoms with van der Waals surface area (Å²) in [7, 11) is 0. The molecule has 0 spiro atoms. The first kappa shape index (κ1) is 9.47. The molecule has 2 unspecified atom stereocenters. The van der Waals surface area contributed by atoms with E-state index in [1.165, 1.54) is 32.1 Å². The molecule has 0 aromatic carbocycles. The number of ether oxygens (including phenoxy) is 1. The Bertz CT molecular complexity index is 146. The molecule has 2 fully saturated rings. The van der Waals surface area contributed by atoms with Crippen molar-refractivity contribution < 1.29 is 9.84 Å². The molecule has 1 N–H and O–H groups in total. The topological polar surface area (TPSA) is 29.5 Å². The molecule has 2 heteroatoms. The first-order chi connectivity index (χ1) is 6.38. The summed E-state index contributed by atoms with van der Waals surface area (Å²) in [5, 5.41) is 10.1. The SMILES string of the molecule is OC(C1CCCCC1)C1CCOC1.